The van der Waals surface area contributed by atoms with Crippen LogP contribution in [0.3, 0.4) is 0 Å². The van der Waals surface area contributed by atoms with Gasteiger partial charge in [0.2, 0.25) is 0 Å². The second-order valence-corrected chi connectivity index (χ2v) is 5.46. The Kier molecular flexibility index (Phi) is 3.85. The maximum absolute atomic E-state index is 12.9. The molecule has 2 N–H and O–H groups in total. The minimum absolute atomic E-state index is 0.336. The lowest BCUT2D eigenvalue weighted by molar-refractivity contribution is -0.137. The number of aromatic nitrogens is 2. The quantitative estimate of drug-likeness (QED) is 0.797. The van der Waals surface area contributed by atoms with Crippen molar-refractivity contribution < 1.29 is 13.2 Å². The highest BCUT2D eigenvalue weighted by molar-refractivity contribution is 5.67. The second kappa shape index (κ2) is 5.70. The number of halogens is 3. The molecule has 6 heteroatoms. The number of pyridine rings is 1. The van der Waals surface area contributed by atoms with Crippen molar-refractivity contribution >= 4 is 5.65 Å². The Morgan fingerprint density at radius 1 is 1.09 bits per heavy atom. The molecule has 0 spiro atoms. The summed E-state index contributed by atoms with van der Waals surface area (Å²) in [5, 5.41) is 0. The molecule has 2 aromatic heterocycles. The van der Waals surface area contributed by atoms with Gasteiger partial charge in [-0.25, -0.2) is 4.98 Å². The zero-order valence-corrected chi connectivity index (χ0v) is 12.6. The number of fused-ring (bicyclic) bond motifs is 1. The van der Waals surface area contributed by atoms with Crippen molar-refractivity contribution in [2.45, 2.75) is 19.5 Å². The summed E-state index contributed by atoms with van der Waals surface area (Å²) in [7, 11) is 0. The van der Waals surface area contributed by atoms with Gasteiger partial charge in [-0.2, -0.15) is 13.2 Å². The molecule has 3 aromatic rings. The highest BCUT2D eigenvalue weighted by atomic mass is 19.4. The summed E-state index contributed by atoms with van der Waals surface area (Å²) in [6.07, 6.45) is -2.85. The molecule has 0 aliphatic rings. The number of imidazole rings is 1. The summed E-state index contributed by atoms with van der Waals surface area (Å²) in [6, 6.07) is 10.2. The van der Waals surface area contributed by atoms with Gasteiger partial charge in [-0.3, -0.25) is 0 Å². The number of nitrogens with zero attached hydrogens (tertiary/aromatic N) is 2. The van der Waals surface area contributed by atoms with Gasteiger partial charge in [-0.15, -0.1) is 0 Å². The number of rotatable bonds is 3. The molecule has 120 valence electrons. The van der Waals surface area contributed by atoms with Crippen LogP contribution < -0.4 is 5.73 Å². The van der Waals surface area contributed by atoms with Crippen LogP contribution in [0, 0.1) is 6.92 Å². The average molecular weight is 319 g/mol. The van der Waals surface area contributed by atoms with Crippen molar-refractivity contribution in [2.75, 3.05) is 6.54 Å². The lowest BCUT2D eigenvalue weighted by atomic mass is 10.1. The molecule has 0 unspecified atom stereocenters. The van der Waals surface area contributed by atoms with Crippen molar-refractivity contribution in [3.63, 3.8) is 0 Å². The third kappa shape index (κ3) is 2.94. The van der Waals surface area contributed by atoms with Gasteiger partial charge < -0.3 is 10.1 Å². The van der Waals surface area contributed by atoms with Gasteiger partial charge in [0.05, 0.1) is 17.0 Å². The van der Waals surface area contributed by atoms with Crippen LogP contribution in [0.4, 0.5) is 13.2 Å². The van der Waals surface area contributed by atoms with E-state index in [9.17, 15) is 13.2 Å². The molecule has 0 aliphatic heterocycles. The molecule has 1 aromatic carbocycles. The van der Waals surface area contributed by atoms with E-state index in [0.717, 1.165) is 23.4 Å². The maximum atomic E-state index is 12.9. The van der Waals surface area contributed by atoms with Gasteiger partial charge in [0.25, 0.3) is 0 Å². The molecule has 3 rings (SSSR count). The first-order chi connectivity index (χ1) is 10.9. The van der Waals surface area contributed by atoms with Crippen LogP contribution in [0.2, 0.25) is 0 Å². The third-order valence-corrected chi connectivity index (χ3v) is 3.75. The van der Waals surface area contributed by atoms with Gasteiger partial charge in [0.15, 0.2) is 0 Å². The van der Waals surface area contributed by atoms with Gasteiger partial charge in [-0.1, -0.05) is 29.8 Å². The van der Waals surface area contributed by atoms with Crippen LogP contribution in [0.25, 0.3) is 16.9 Å². The van der Waals surface area contributed by atoms with E-state index < -0.39 is 11.7 Å². The van der Waals surface area contributed by atoms with Crippen LogP contribution in [0.5, 0.6) is 0 Å². The molecule has 0 saturated carbocycles. The Morgan fingerprint density at radius 2 is 1.78 bits per heavy atom. The standard InChI is InChI=1S/C17H16F3N3/c1-11-2-4-12(5-3-11)16-14(8-9-21)23-10-13(17(18,19)20)6-7-15(23)22-16/h2-7,10H,8-9,21H2,1H3. The Morgan fingerprint density at radius 3 is 2.39 bits per heavy atom. The van der Waals surface area contributed by atoms with E-state index in [2.05, 4.69) is 4.98 Å². The Labute approximate surface area is 131 Å². The van der Waals surface area contributed by atoms with Crippen molar-refractivity contribution in [1.82, 2.24) is 9.38 Å². The Hall–Kier alpha value is -2.34. The number of benzene rings is 1. The summed E-state index contributed by atoms with van der Waals surface area (Å²) < 4.78 is 40.3. The van der Waals surface area contributed by atoms with E-state index in [-0.39, 0.29) is 0 Å². The van der Waals surface area contributed by atoms with Gasteiger partial charge in [0, 0.05) is 18.2 Å². The minimum Gasteiger partial charge on any atom is -0.330 e. The van der Waals surface area contributed by atoms with Gasteiger partial charge in [-0.05, 0) is 25.6 Å². The van der Waals surface area contributed by atoms with Gasteiger partial charge in [0.1, 0.15) is 5.65 Å². The van der Waals surface area contributed by atoms with E-state index in [1.807, 2.05) is 31.2 Å². The van der Waals surface area contributed by atoms with Crippen molar-refractivity contribution in [1.29, 1.82) is 0 Å². The highest BCUT2D eigenvalue weighted by Gasteiger charge is 2.31. The molecule has 0 radical (unpaired) electrons. The molecule has 0 amide bonds. The van der Waals surface area contributed by atoms with E-state index in [1.54, 1.807) is 0 Å². The van der Waals surface area contributed by atoms with Gasteiger partial charge >= 0.3 is 6.18 Å². The first-order valence-corrected chi connectivity index (χ1v) is 7.25. The topological polar surface area (TPSA) is 43.3 Å². The van der Waals surface area contributed by atoms with Crippen LogP contribution in [-0.2, 0) is 12.6 Å². The number of alkyl halides is 3. The van der Waals surface area contributed by atoms with E-state index in [1.165, 1.54) is 10.5 Å². The lowest BCUT2D eigenvalue weighted by Crippen LogP contribution is -2.09. The first-order valence-electron chi connectivity index (χ1n) is 7.25. The molecular weight excluding hydrogens is 303 g/mol. The number of nitrogens with two attached hydrogens (primary N) is 1. The molecule has 23 heavy (non-hydrogen) atoms. The molecule has 0 bridgehead atoms. The van der Waals surface area contributed by atoms with Crippen molar-refractivity contribution in [3.8, 4) is 11.3 Å². The minimum atomic E-state index is -4.39. The van der Waals surface area contributed by atoms with Crippen LogP contribution in [0.1, 0.15) is 16.8 Å². The van der Waals surface area contributed by atoms with Crippen LogP contribution in [-0.4, -0.2) is 15.9 Å². The molecular formula is C17H16F3N3. The zero-order valence-electron chi connectivity index (χ0n) is 12.6. The monoisotopic (exact) mass is 319 g/mol. The SMILES string of the molecule is Cc1ccc(-c2nc3ccc(C(F)(F)F)cn3c2CCN)cc1. The van der Waals surface area contributed by atoms with E-state index in [0.29, 0.717) is 30.0 Å². The number of aryl methyl sites for hydroxylation is 1. The van der Waals surface area contributed by atoms with Crippen LogP contribution >= 0.6 is 0 Å². The fraction of sp³-hybridized carbons (Fsp3) is 0.235. The summed E-state index contributed by atoms with van der Waals surface area (Å²) in [6.45, 7) is 2.31. The normalized spacial score (nSPS) is 12.0. The number of hydrogen-bond donors (Lipinski definition) is 1. The maximum Gasteiger partial charge on any atom is 0.417 e. The third-order valence-electron chi connectivity index (χ3n) is 3.75. The lowest BCUT2D eigenvalue weighted by Gasteiger charge is -2.08. The predicted molar refractivity (Wildman–Crippen MR) is 83.1 cm³/mol. The second-order valence-electron chi connectivity index (χ2n) is 5.46. The van der Waals surface area contributed by atoms with Crippen molar-refractivity contribution in [2.24, 2.45) is 5.73 Å². The van der Waals surface area contributed by atoms with Crippen molar-refractivity contribution in [3.05, 3.63) is 59.4 Å². The zero-order chi connectivity index (χ0) is 16.6. The summed E-state index contributed by atoms with van der Waals surface area (Å²) in [4.78, 5) is 4.49. The first kappa shape index (κ1) is 15.6. The molecule has 0 atom stereocenters. The predicted octanol–water partition coefficient (Wildman–Crippen LogP) is 3.83. The fourth-order valence-corrected chi connectivity index (χ4v) is 2.58. The smallest absolute Gasteiger partial charge is 0.330 e. The largest absolute Gasteiger partial charge is 0.417 e. The number of hydrogen-bond acceptors (Lipinski definition) is 2. The fourth-order valence-electron chi connectivity index (χ4n) is 2.58. The van der Waals surface area contributed by atoms with Crippen LogP contribution in [0.15, 0.2) is 42.6 Å². The van der Waals surface area contributed by atoms with E-state index >= 15 is 0 Å². The molecule has 0 fully saturated rings. The molecule has 2 heterocycles. The van der Waals surface area contributed by atoms with E-state index in [4.69, 9.17) is 5.73 Å². The Bertz CT molecular complexity index is 833. The molecule has 0 aliphatic carbocycles. The Balaban J connectivity index is 2.22. The highest BCUT2D eigenvalue weighted by Crippen LogP contribution is 2.31. The average Bonchev–Trinajstić information content (AvgIpc) is 2.86. The molecule has 3 nitrogen and oxygen atoms in total. The molecule has 0 saturated heterocycles. The summed E-state index contributed by atoms with van der Waals surface area (Å²) in [5.41, 5.74) is 8.78. The summed E-state index contributed by atoms with van der Waals surface area (Å²) >= 11 is 0. The summed E-state index contributed by atoms with van der Waals surface area (Å²) in [5.74, 6) is 0.